The SMILES string of the molecule is CCCC(C)C(=O)C(NC(=O)OC)C1CCOCC1. The molecule has 1 rings (SSSR count). The standard InChI is InChI=1S/C14H25NO4/c1-4-5-10(2)13(16)12(15-14(17)18-3)11-6-8-19-9-7-11/h10-12H,4-9H2,1-3H3,(H,15,17). The first kappa shape index (κ1) is 16.0. The molecule has 1 amide bonds. The van der Waals surface area contributed by atoms with E-state index in [4.69, 9.17) is 4.74 Å². The van der Waals surface area contributed by atoms with Gasteiger partial charge in [-0.05, 0) is 25.2 Å². The summed E-state index contributed by atoms with van der Waals surface area (Å²) in [5.74, 6) is 0.230. The van der Waals surface area contributed by atoms with Crippen LogP contribution in [0.4, 0.5) is 4.79 Å². The molecule has 1 fully saturated rings. The second-order valence-electron chi connectivity index (χ2n) is 5.16. The van der Waals surface area contributed by atoms with Crippen molar-refractivity contribution in [1.82, 2.24) is 5.32 Å². The summed E-state index contributed by atoms with van der Waals surface area (Å²) < 4.78 is 9.94. The molecule has 0 aromatic heterocycles. The fourth-order valence-corrected chi connectivity index (χ4v) is 2.54. The number of hydrogen-bond donors (Lipinski definition) is 1. The second-order valence-corrected chi connectivity index (χ2v) is 5.16. The van der Waals surface area contributed by atoms with E-state index in [2.05, 4.69) is 17.0 Å². The van der Waals surface area contributed by atoms with E-state index in [1.54, 1.807) is 0 Å². The van der Waals surface area contributed by atoms with Gasteiger partial charge in [0.25, 0.3) is 0 Å². The molecule has 2 unspecified atom stereocenters. The Bertz CT molecular complexity index is 300. The average Bonchev–Trinajstić information content (AvgIpc) is 2.44. The zero-order chi connectivity index (χ0) is 14.3. The lowest BCUT2D eigenvalue weighted by Gasteiger charge is -2.31. The Kier molecular flexibility index (Phi) is 6.84. The zero-order valence-corrected chi connectivity index (χ0v) is 12.1. The van der Waals surface area contributed by atoms with Crippen molar-refractivity contribution in [3.8, 4) is 0 Å². The number of amides is 1. The van der Waals surface area contributed by atoms with Gasteiger partial charge in [-0.2, -0.15) is 0 Å². The number of alkyl carbamates (subject to hydrolysis) is 1. The molecule has 1 saturated heterocycles. The quantitative estimate of drug-likeness (QED) is 0.804. The monoisotopic (exact) mass is 271 g/mol. The van der Waals surface area contributed by atoms with Crippen molar-refractivity contribution in [2.75, 3.05) is 20.3 Å². The Morgan fingerprint density at radius 3 is 2.53 bits per heavy atom. The summed E-state index contributed by atoms with van der Waals surface area (Å²) in [5, 5.41) is 2.71. The summed E-state index contributed by atoms with van der Waals surface area (Å²) >= 11 is 0. The van der Waals surface area contributed by atoms with Gasteiger partial charge in [0.1, 0.15) is 0 Å². The van der Waals surface area contributed by atoms with E-state index < -0.39 is 12.1 Å². The molecular formula is C14H25NO4. The highest BCUT2D eigenvalue weighted by atomic mass is 16.5. The van der Waals surface area contributed by atoms with E-state index in [0.717, 1.165) is 25.7 Å². The van der Waals surface area contributed by atoms with Crippen LogP contribution in [-0.2, 0) is 14.3 Å². The minimum Gasteiger partial charge on any atom is -0.453 e. The Morgan fingerprint density at radius 2 is 2.00 bits per heavy atom. The summed E-state index contributed by atoms with van der Waals surface area (Å²) in [6.45, 7) is 5.29. The van der Waals surface area contributed by atoms with E-state index in [-0.39, 0.29) is 17.6 Å². The number of carbonyl (C=O) groups excluding carboxylic acids is 2. The van der Waals surface area contributed by atoms with E-state index in [1.807, 2.05) is 6.92 Å². The van der Waals surface area contributed by atoms with Crippen LogP contribution in [0.15, 0.2) is 0 Å². The molecule has 1 heterocycles. The topological polar surface area (TPSA) is 64.6 Å². The largest absolute Gasteiger partial charge is 0.453 e. The molecule has 19 heavy (non-hydrogen) atoms. The molecule has 110 valence electrons. The molecule has 0 saturated carbocycles. The maximum atomic E-state index is 12.5. The number of nitrogens with one attached hydrogen (secondary N) is 1. The predicted molar refractivity (Wildman–Crippen MR) is 72.0 cm³/mol. The summed E-state index contributed by atoms with van der Waals surface area (Å²) in [5.41, 5.74) is 0. The lowest BCUT2D eigenvalue weighted by atomic mass is 9.84. The van der Waals surface area contributed by atoms with Crippen LogP contribution in [0.3, 0.4) is 0 Å². The molecule has 5 heteroatoms. The third kappa shape index (κ3) is 4.82. The molecule has 0 spiro atoms. The average molecular weight is 271 g/mol. The number of rotatable bonds is 6. The van der Waals surface area contributed by atoms with Gasteiger partial charge >= 0.3 is 6.09 Å². The van der Waals surface area contributed by atoms with Crippen molar-refractivity contribution in [1.29, 1.82) is 0 Å². The van der Waals surface area contributed by atoms with Crippen LogP contribution in [0.25, 0.3) is 0 Å². The lowest BCUT2D eigenvalue weighted by Crippen LogP contribution is -2.49. The molecule has 0 aromatic carbocycles. The van der Waals surface area contributed by atoms with E-state index in [9.17, 15) is 9.59 Å². The number of ether oxygens (including phenoxy) is 2. The third-order valence-electron chi connectivity index (χ3n) is 3.71. The molecule has 1 aliphatic rings. The van der Waals surface area contributed by atoms with Crippen molar-refractivity contribution < 1.29 is 19.1 Å². The van der Waals surface area contributed by atoms with Crippen molar-refractivity contribution in [2.24, 2.45) is 11.8 Å². The van der Waals surface area contributed by atoms with Gasteiger partial charge in [-0.3, -0.25) is 4.79 Å². The first-order valence-electron chi connectivity index (χ1n) is 7.06. The van der Waals surface area contributed by atoms with Gasteiger partial charge in [-0.15, -0.1) is 0 Å². The predicted octanol–water partition coefficient (Wildman–Crippen LogP) is 2.14. The van der Waals surface area contributed by atoms with Crippen molar-refractivity contribution in [3.63, 3.8) is 0 Å². The van der Waals surface area contributed by atoms with E-state index in [0.29, 0.717) is 13.2 Å². The highest BCUT2D eigenvalue weighted by molar-refractivity contribution is 5.89. The maximum Gasteiger partial charge on any atom is 0.407 e. The summed E-state index contributed by atoms with van der Waals surface area (Å²) in [4.78, 5) is 23.9. The van der Waals surface area contributed by atoms with E-state index >= 15 is 0 Å². The van der Waals surface area contributed by atoms with Crippen molar-refractivity contribution >= 4 is 11.9 Å². The highest BCUT2D eigenvalue weighted by Crippen LogP contribution is 2.23. The summed E-state index contributed by atoms with van der Waals surface area (Å²) in [6, 6.07) is -0.446. The van der Waals surface area contributed by atoms with E-state index in [1.165, 1.54) is 7.11 Å². The number of carbonyl (C=O) groups is 2. The summed E-state index contributed by atoms with van der Waals surface area (Å²) in [7, 11) is 1.32. The van der Waals surface area contributed by atoms with Gasteiger partial charge in [0, 0.05) is 19.1 Å². The highest BCUT2D eigenvalue weighted by Gasteiger charge is 2.33. The number of hydrogen-bond acceptors (Lipinski definition) is 4. The van der Waals surface area contributed by atoms with Crippen molar-refractivity contribution in [3.05, 3.63) is 0 Å². The summed E-state index contributed by atoms with van der Waals surface area (Å²) in [6.07, 6.45) is 2.89. The van der Waals surface area contributed by atoms with Gasteiger partial charge in [0.15, 0.2) is 5.78 Å². The molecule has 1 N–H and O–H groups in total. The third-order valence-corrected chi connectivity index (χ3v) is 3.71. The molecule has 0 aliphatic carbocycles. The van der Waals surface area contributed by atoms with Crippen LogP contribution in [0.2, 0.25) is 0 Å². The number of ketones is 1. The molecule has 0 bridgehead atoms. The Labute approximate surface area is 115 Å². The molecular weight excluding hydrogens is 246 g/mol. The van der Waals surface area contributed by atoms with Gasteiger partial charge in [0.2, 0.25) is 0 Å². The Balaban J connectivity index is 2.72. The lowest BCUT2D eigenvalue weighted by molar-refractivity contribution is -0.126. The zero-order valence-electron chi connectivity index (χ0n) is 12.1. The fourth-order valence-electron chi connectivity index (χ4n) is 2.54. The van der Waals surface area contributed by atoms with Crippen molar-refractivity contribution in [2.45, 2.75) is 45.6 Å². The van der Waals surface area contributed by atoms with Crippen LogP contribution in [0.1, 0.15) is 39.5 Å². The van der Waals surface area contributed by atoms with Gasteiger partial charge in [-0.25, -0.2) is 4.79 Å². The first-order valence-corrected chi connectivity index (χ1v) is 7.06. The molecule has 0 aromatic rings. The molecule has 2 atom stereocenters. The molecule has 5 nitrogen and oxygen atoms in total. The first-order chi connectivity index (χ1) is 9.10. The smallest absolute Gasteiger partial charge is 0.407 e. The number of methoxy groups -OCH3 is 1. The van der Waals surface area contributed by atoms with Gasteiger partial charge in [0.05, 0.1) is 13.2 Å². The Hall–Kier alpha value is -1.10. The minimum atomic E-state index is -0.534. The fraction of sp³-hybridized carbons (Fsp3) is 0.857. The number of Topliss-reactive ketones (excluding diaryl/α,β-unsaturated/α-hetero) is 1. The van der Waals surface area contributed by atoms with Crippen LogP contribution < -0.4 is 5.32 Å². The van der Waals surface area contributed by atoms with Gasteiger partial charge < -0.3 is 14.8 Å². The van der Waals surface area contributed by atoms with Gasteiger partial charge in [-0.1, -0.05) is 20.3 Å². The van der Waals surface area contributed by atoms with Crippen LogP contribution in [0.5, 0.6) is 0 Å². The molecule has 0 radical (unpaired) electrons. The van der Waals surface area contributed by atoms with Crippen LogP contribution in [0, 0.1) is 11.8 Å². The molecule has 1 aliphatic heterocycles. The minimum absolute atomic E-state index is 0.0324. The Morgan fingerprint density at radius 1 is 1.37 bits per heavy atom. The van der Waals surface area contributed by atoms with Crippen LogP contribution in [-0.4, -0.2) is 38.2 Å². The normalized spacial score (nSPS) is 19.5. The van der Waals surface area contributed by atoms with Crippen LogP contribution >= 0.6 is 0 Å². The maximum absolute atomic E-state index is 12.5. The second kappa shape index (κ2) is 8.15.